The Hall–Kier alpha value is -3.29. The fraction of sp³-hybridized carbons (Fsp3) is 0.278. The second-order valence-corrected chi connectivity index (χ2v) is 5.65. The molecular formula is C18H20N2O6. The molecule has 0 radical (unpaired) electrons. The smallest absolute Gasteiger partial charge is 0.303 e. The average molecular weight is 360 g/mol. The maximum absolute atomic E-state index is 11.9. The summed E-state index contributed by atoms with van der Waals surface area (Å²) in [7, 11) is 0. The van der Waals surface area contributed by atoms with Gasteiger partial charge in [0.1, 0.15) is 5.75 Å². The Morgan fingerprint density at radius 3 is 2.73 bits per heavy atom. The molecule has 2 rings (SSSR count). The molecule has 26 heavy (non-hydrogen) atoms. The van der Waals surface area contributed by atoms with Crippen molar-refractivity contribution in [3.63, 3.8) is 0 Å². The number of carboxylic acid groups (broad SMARTS) is 1. The Morgan fingerprint density at radius 1 is 1.23 bits per heavy atom. The van der Waals surface area contributed by atoms with Crippen LogP contribution in [0.15, 0.2) is 47.1 Å². The van der Waals surface area contributed by atoms with Crippen molar-refractivity contribution in [3.8, 4) is 5.75 Å². The molecule has 0 bridgehead atoms. The van der Waals surface area contributed by atoms with Crippen molar-refractivity contribution in [1.29, 1.82) is 0 Å². The molecule has 0 aliphatic carbocycles. The number of carboxylic acids is 1. The highest BCUT2D eigenvalue weighted by molar-refractivity contribution is 6.02. The van der Waals surface area contributed by atoms with Gasteiger partial charge in [0, 0.05) is 24.2 Å². The maximum Gasteiger partial charge on any atom is 0.303 e. The van der Waals surface area contributed by atoms with E-state index in [1.165, 1.54) is 6.26 Å². The van der Waals surface area contributed by atoms with E-state index in [-0.39, 0.29) is 30.7 Å². The molecule has 1 heterocycles. The number of aliphatic carboxylic acids is 1. The van der Waals surface area contributed by atoms with Crippen LogP contribution in [0.25, 0.3) is 0 Å². The van der Waals surface area contributed by atoms with Gasteiger partial charge in [0.15, 0.2) is 12.4 Å². The normalized spacial score (nSPS) is 11.4. The van der Waals surface area contributed by atoms with Gasteiger partial charge in [-0.05, 0) is 37.6 Å². The van der Waals surface area contributed by atoms with Crippen molar-refractivity contribution in [2.75, 3.05) is 11.9 Å². The van der Waals surface area contributed by atoms with Crippen LogP contribution in [0.3, 0.4) is 0 Å². The van der Waals surface area contributed by atoms with Gasteiger partial charge < -0.3 is 24.9 Å². The van der Waals surface area contributed by atoms with E-state index >= 15 is 0 Å². The zero-order valence-electron chi connectivity index (χ0n) is 14.2. The monoisotopic (exact) mass is 360 g/mol. The van der Waals surface area contributed by atoms with E-state index in [1.807, 2.05) is 0 Å². The lowest BCUT2D eigenvalue weighted by atomic mass is 10.2. The molecule has 0 saturated carbocycles. The Bertz CT molecular complexity index is 757. The molecule has 1 aromatic heterocycles. The third kappa shape index (κ3) is 6.31. The molecule has 8 nitrogen and oxygen atoms in total. The molecule has 138 valence electrons. The van der Waals surface area contributed by atoms with Gasteiger partial charge in [-0.1, -0.05) is 6.07 Å². The summed E-state index contributed by atoms with van der Waals surface area (Å²) >= 11 is 0. The highest BCUT2D eigenvalue weighted by Gasteiger charge is 2.11. The number of carbonyl (C=O) groups excluding carboxylic acids is 2. The molecular weight excluding hydrogens is 340 g/mol. The summed E-state index contributed by atoms with van der Waals surface area (Å²) in [4.78, 5) is 34.3. The van der Waals surface area contributed by atoms with E-state index in [1.54, 1.807) is 43.3 Å². The first-order valence-electron chi connectivity index (χ1n) is 8.03. The standard InChI is InChI=1S/C18H20N2O6/c1-12(7-8-17(22)23)19-16(21)11-26-14-5-2-4-13(10-14)20-18(24)15-6-3-9-25-15/h2-6,9-10,12H,7-8,11H2,1H3,(H,19,21)(H,20,24)(H,22,23). The maximum atomic E-state index is 11.9. The van der Waals surface area contributed by atoms with Gasteiger partial charge in [0.05, 0.1) is 6.26 Å². The quantitative estimate of drug-likeness (QED) is 0.631. The number of benzene rings is 1. The highest BCUT2D eigenvalue weighted by atomic mass is 16.5. The van der Waals surface area contributed by atoms with Crippen LogP contribution in [-0.4, -0.2) is 35.5 Å². The molecule has 0 spiro atoms. The molecule has 0 fully saturated rings. The first-order chi connectivity index (χ1) is 12.4. The van der Waals surface area contributed by atoms with Crippen molar-refractivity contribution in [1.82, 2.24) is 5.32 Å². The Morgan fingerprint density at radius 2 is 2.04 bits per heavy atom. The van der Waals surface area contributed by atoms with Crippen LogP contribution in [-0.2, 0) is 9.59 Å². The number of anilines is 1. The van der Waals surface area contributed by atoms with Gasteiger partial charge >= 0.3 is 5.97 Å². The second kappa shape index (κ2) is 9.26. The highest BCUT2D eigenvalue weighted by Crippen LogP contribution is 2.18. The SMILES string of the molecule is CC(CCC(=O)O)NC(=O)COc1cccc(NC(=O)c2ccco2)c1. The lowest BCUT2D eigenvalue weighted by Crippen LogP contribution is -2.36. The van der Waals surface area contributed by atoms with Crippen LogP contribution in [0.5, 0.6) is 5.75 Å². The molecule has 1 atom stereocenters. The molecule has 0 aliphatic rings. The number of ether oxygens (including phenoxy) is 1. The summed E-state index contributed by atoms with van der Waals surface area (Å²) in [5.74, 6) is -1.05. The molecule has 0 aliphatic heterocycles. The zero-order valence-corrected chi connectivity index (χ0v) is 14.2. The summed E-state index contributed by atoms with van der Waals surface area (Å²) in [6, 6.07) is 9.50. The molecule has 1 unspecified atom stereocenters. The van der Waals surface area contributed by atoms with Crippen molar-refractivity contribution < 1.29 is 28.6 Å². The van der Waals surface area contributed by atoms with Crippen LogP contribution < -0.4 is 15.4 Å². The minimum absolute atomic E-state index is 0.0142. The number of hydrogen-bond acceptors (Lipinski definition) is 5. The van der Waals surface area contributed by atoms with E-state index in [0.29, 0.717) is 17.9 Å². The van der Waals surface area contributed by atoms with Crippen LogP contribution in [0.4, 0.5) is 5.69 Å². The topological polar surface area (TPSA) is 118 Å². The van der Waals surface area contributed by atoms with Gasteiger partial charge in [-0.15, -0.1) is 0 Å². The molecule has 8 heteroatoms. The van der Waals surface area contributed by atoms with Gasteiger partial charge in [-0.25, -0.2) is 0 Å². The largest absolute Gasteiger partial charge is 0.484 e. The summed E-state index contributed by atoms with van der Waals surface area (Å²) in [5, 5.41) is 13.9. The first kappa shape index (κ1) is 19.0. The van der Waals surface area contributed by atoms with Gasteiger partial charge in [-0.2, -0.15) is 0 Å². The van der Waals surface area contributed by atoms with E-state index in [9.17, 15) is 14.4 Å². The summed E-state index contributed by atoms with van der Waals surface area (Å²) in [5.41, 5.74) is 0.499. The zero-order chi connectivity index (χ0) is 18.9. The summed E-state index contributed by atoms with van der Waals surface area (Å²) in [6.45, 7) is 1.51. The third-order valence-electron chi connectivity index (χ3n) is 3.41. The minimum atomic E-state index is -0.907. The van der Waals surface area contributed by atoms with Gasteiger partial charge in [0.25, 0.3) is 11.8 Å². The van der Waals surface area contributed by atoms with E-state index in [4.69, 9.17) is 14.3 Å². The number of rotatable bonds is 9. The number of furan rings is 1. The number of amides is 2. The molecule has 0 saturated heterocycles. The van der Waals surface area contributed by atoms with Crippen LogP contribution in [0.1, 0.15) is 30.3 Å². The Kier molecular flexibility index (Phi) is 6.78. The van der Waals surface area contributed by atoms with Gasteiger partial charge in [-0.3, -0.25) is 14.4 Å². The Balaban J connectivity index is 1.81. The number of hydrogen-bond donors (Lipinski definition) is 3. The lowest BCUT2D eigenvalue weighted by molar-refractivity contribution is -0.137. The van der Waals surface area contributed by atoms with Crippen LogP contribution in [0, 0.1) is 0 Å². The van der Waals surface area contributed by atoms with Gasteiger partial charge in [0.2, 0.25) is 0 Å². The summed E-state index contributed by atoms with van der Waals surface area (Å²) < 4.78 is 10.4. The van der Waals surface area contributed by atoms with Crippen LogP contribution in [0.2, 0.25) is 0 Å². The summed E-state index contributed by atoms with van der Waals surface area (Å²) in [6.07, 6.45) is 1.74. The fourth-order valence-electron chi connectivity index (χ4n) is 2.14. The van der Waals surface area contributed by atoms with Crippen molar-refractivity contribution >= 4 is 23.5 Å². The van der Waals surface area contributed by atoms with Crippen molar-refractivity contribution in [2.45, 2.75) is 25.8 Å². The number of carbonyl (C=O) groups is 3. The van der Waals surface area contributed by atoms with E-state index < -0.39 is 11.9 Å². The predicted octanol–water partition coefficient (Wildman–Crippen LogP) is 2.28. The molecule has 2 amide bonds. The minimum Gasteiger partial charge on any atom is -0.484 e. The Labute approximate surface area is 150 Å². The van der Waals surface area contributed by atoms with Crippen LogP contribution >= 0.6 is 0 Å². The number of nitrogens with one attached hydrogen (secondary N) is 2. The van der Waals surface area contributed by atoms with Crippen molar-refractivity contribution in [3.05, 3.63) is 48.4 Å². The lowest BCUT2D eigenvalue weighted by Gasteiger charge is -2.13. The average Bonchev–Trinajstić information content (AvgIpc) is 3.13. The predicted molar refractivity (Wildman–Crippen MR) is 93.1 cm³/mol. The third-order valence-corrected chi connectivity index (χ3v) is 3.41. The van der Waals surface area contributed by atoms with E-state index in [2.05, 4.69) is 10.6 Å². The molecule has 2 aromatic rings. The fourth-order valence-corrected chi connectivity index (χ4v) is 2.14. The molecule has 3 N–H and O–H groups in total. The second-order valence-electron chi connectivity index (χ2n) is 5.65. The van der Waals surface area contributed by atoms with E-state index in [0.717, 1.165) is 0 Å². The van der Waals surface area contributed by atoms with Crippen molar-refractivity contribution in [2.24, 2.45) is 0 Å². The first-order valence-corrected chi connectivity index (χ1v) is 8.03. The molecule has 1 aromatic carbocycles.